The van der Waals surface area contributed by atoms with Crippen LogP contribution in [0.1, 0.15) is 11.6 Å². The second kappa shape index (κ2) is 7.15. The summed E-state index contributed by atoms with van der Waals surface area (Å²) in [6.45, 7) is 0.274. The molecule has 1 aromatic carbocycles. The van der Waals surface area contributed by atoms with E-state index in [1.54, 1.807) is 19.2 Å². The normalized spacial score (nSPS) is 11.0. The molecule has 0 saturated heterocycles. The zero-order valence-electron chi connectivity index (χ0n) is 11.2. The summed E-state index contributed by atoms with van der Waals surface area (Å²) >= 11 is 0. The van der Waals surface area contributed by atoms with Gasteiger partial charge >= 0.3 is 0 Å². The van der Waals surface area contributed by atoms with Crippen molar-refractivity contribution >= 4 is 0 Å². The van der Waals surface area contributed by atoms with Crippen molar-refractivity contribution in [2.45, 2.75) is 6.04 Å². The summed E-state index contributed by atoms with van der Waals surface area (Å²) in [5.74, 6) is 4.03. The van der Waals surface area contributed by atoms with Gasteiger partial charge in [-0.15, -0.1) is 6.42 Å². The molecule has 19 heavy (non-hydrogen) atoms. The van der Waals surface area contributed by atoms with Crippen molar-refractivity contribution in [3.8, 4) is 35.7 Å². The first-order valence-electron chi connectivity index (χ1n) is 5.58. The molecule has 0 bridgehead atoms. The van der Waals surface area contributed by atoms with E-state index in [4.69, 9.17) is 20.6 Å². The molecule has 0 spiro atoms. The van der Waals surface area contributed by atoms with Crippen molar-refractivity contribution < 1.29 is 14.2 Å². The number of terminal acetylenes is 1. The van der Waals surface area contributed by atoms with Gasteiger partial charge in [-0.1, -0.05) is 5.92 Å². The van der Waals surface area contributed by atoms with Crippen LogP contribution in [0.25, 0.3) is 0 Å². The minimum atomic E-state index is -0.619. The van der Waals surface area contributed by atoms with Crippen LogP contribution < -0.4 is 19.5 Å². The molecular weight excluding hydrogens is 244 g/mol. The number of rotatable bonds is 6. The average Bonchev–Trinajstić information content (AvgIpc) is 2.47. The Bertz CT molecular complexity index is 489. The number of nitriles is 1. The van der Waals surface area contributed by atoms with Crippen LogP contribution in [0.2, 0.25) is 0 Å². The van der Waals surface area contributed by atoms with Gasteiger partial charge in [-0.05, 0) is 0 Å². The lowest BCUT2D eigenvalue weighted by atomic mass is 10.0. The van der Waals surface area contributed by atoms with E-state index in [-0.39, 0.29) is 6.54 Å². The number of benzene rings is 1. The molecule has 0 fully saturated rings. The van der Waals surface area contributed by atoms with Crippen LogP contribution in [0.4, 0.5) is 0 Å². The second-order valence-corrected chi connectivity index (χ2v) is 3.59. The van der Waals surface area contributed by atoms with Crippen LogP contribution in [0.15, 0.2) is 12.1 Å². The van der Waals surface area contributed by atoms with Gasteiger partial charge in [0.05, 0.1) is 39.5 Å². The van der Waals surface area contributed by atoms with Crippen molar-refractivity contribution in [3.05, 3.63) is 17.7 Å². The highest BCUT2D eigenvalue weighted by molar-refractivity contribution is 5.53. The number of hydrogen-bond acceptors (Lipinski definition) is 5. The van der Waals surface area contributed by atoms with Gasteiger partial charge in [-0.25, -0.2) is 0 Å². The smallest absolute Gasteiger partial charge is 0.132 e. The van der Waals surface area contributed by atoms with Crippen LogP contribution in [-0.2, 0) is 0 Å². The predicted octanol–water partition coefficient (Wildman–Crippen LogP) is 1.50. The Kier molecular flexibility index (Phi) is 5.53. The van der Waals surface area contributed by atoms with E-state index in [2.05, 4.69) is 17.3 Å². The molecule has 0 saturated carbocycles. The summed E-state index contributed by atoms with van der Waals surface area (Å²) < 4.78 is 15.7. The lowest BCUT2D eigenvalue weighted by Gasteiger charge is -2.18. The Balaban J connectivity index is 3.30. The molecule has 5 heteroatoms. The molecular formula is C14H16N2O3. The van der Waals surface area contributed by atoms with E-state index in [0.29, 0.717) is 22.8 Å². The third-order valence-electron chi connectivity index (χ3n) is 2.58. The van der Waals surface area contributed by atoms with E-state index >= 15 is 0 Å². The molecule has 0 aliphatic heterocycles. The standard InChI is InChI=1S/C14H16N2O3/c1-5-6-16-11(9-15)14-12(18-3)7-10(17-2)8-13(14)19-4/h1,7-8,11,16H,6H2,2-4H3. The summed E-state index contributed by atoms with van der Waals surface area (Å²) in [7, 11) is 4.59. The number of ether oxygens (including phenoxy) is 3. The molecule has 5 nitrogen and oxygen atoms in total. The van der Waals surface area contributed by atoms with Gasteiger partial charge in [-0.2, -0.15) is 5.26 Å². The molecule has 0 aliphatic carbocycles. The Morgan fingerprint density at radius 1 is 1.21 bits per heavy atom. The van der Waals surface area contributed by atoms with Crippen LogP contribution in [0, 0.1) is 23.7 Å². The minimum Gasteiger partial charge on any atom is -0.496 e. The molecule has 0 heterocycles. The summed E-state index contributed by atoms with van der Waals surface area (Å²) in [4.78, 5) is 0. The quantitative estimate of drug-likeness (QED) is 0.785. The van der Waals surface area contributed by atoms with E-state index in [9.17, 15) is 5.26 Å². The van der Waals surface area contributed by atoms with Crippen LogP contribution in [0.3, 0.4) is 0 Å². The molecule has 1 N–H and O–H groups in total. The summed E-state index contributed by atoms with van der Waals surface area (Å²) in [6, 6.07) is 4.90. The number of nitrogens with zero attached hydrogens (tertiary/aromatic N) is 1. The Hall–Kier alpha value is -2.37. The van der Waals surface area contributed by atoms with Gasteiger partial charge in [-0.3, -0.25) is 5.32 Å². The fourth-order valence-electron chi connectivity index (χ4n) is 1.69. The monoisotopic (exact) mass is 260 g/mol. The fourth-order valence-corrected chi connectivity index (χ4v) is 1.69. The molecule has 1 rings (SSSR count). The van der Waals surface area contributed by atoms with Gasteiger partial charge in [0.1, 0.15) is 23.3 Å². The fraction of sp³-hybridized carbons (Fsp3) is 0.357. The highest BCUT2D eigenvalue weighted by Crippen LogP contribution is 2.37. The van der Waals surface area contributed by atoms with Crippen molar-refractivity contribution in [1.82, 2.24) is 5.32 Å². The highest BCUT2D eigenvalue weighted by atomic mass is 16.5. The first-order chi connectivity index (χ1) is 9.21. The summed E-state index contributed by atoms with van der Waals surface area (Å²) in [5, 5.41) is 12.2. The zero-order valence-corrected chi connectivity index (χ0v) is 11.2. The third-order valence-corrected chi connectivity index (χ3v) is 2.58. The molecule has 0 amide bonds. The predicted molar refractivity (Wildman–Crippen MR) is 71.3 cm³/mol. The molecule has 1 atom stereocenters. The maximum Gasteiger partial charge on any atom is 0.132 e. The topological polar surface area (TPSA) is 63.5 Å². The molecule has 0 aliphatic rings. The average molecular weight is 260 g/mol. The Morgan fingerprint density at radius 3 is 2.16 bits per heavy atom. The van der Waals surface area contributed by atoms with Gasteiger partial charge in [0, 0.05) is 12.1 Å². The van der Waals surface area contributed by atoms with E-state index in [0.717, 1.165) is 0 Å². The first kappa shape index (κ1) is 14.7. The molecule has 0 radical (unpaired) electrons. The lowest BCUT2D eigenvalue weighted by Crippen LogP contribution is -2.21. The van der Waals surface area contributed by atoms with Crippen LogP contribution in [0.5, 0.6) is 17.2 Å². The Labute approximate surface area is 113 Å². The van der Waals surface area contributed by atoms with E-state index < -0.39 is 6.04 Å². The molecule has 1 unspecified atom stereocenters. The molecule has 1 aromatic rings. The number of methoxy groups -OCH3 is 3. The first-order valence-corrected chi connectivity index (χ1v) is 5.58. The largest absolute Gasteiger partial charge is 0.496 e. The number of nitrogens with one attached hydrogen (secondary N) is 1. The van der Waals surface area contributed by atoms with Crippen molar-refractivity contribution in [3.63, 3.8) is 0 Å². The van der Waals surface area contributed by atoms with Gasteiger partial charge < -0.3 is 14.2 Å². The molecule has 100 valence electrons. The summed E-state index contributed by atoms with van der Waals surface area (Å²) in [5.41, 5.74) is 0.601. The molecule has 0 aromatic heterocycles. The van der Waals surface area contributed by atoms with Crippen molar-refractivity contribution in [1.29, 1.82) is 5.26 Å². The van der Waals surface area contributed by atoms with Crippen LogP contribution >= 0.6 is 0 Å². The van der Waals surface area contributed by atoms with E-state index in [1.165, 1.54) is 14.2 Å². The third kappa shape index (κ3) is 3.31. The van der Waals surface area contributed by atoms with Crippen LogP contribution in [-0.4, -0.2) is 27.9 Å². The maximum absolute atomic E-state index is 9.25. The van der Waals surface area contributed by atoms with Crippen molar-refractivity contribution in [2.24, 2.45) is 0 Å². The minimum absolute atomic E-state index is 0.274. The SMILES string of the molecule is C#CCNC(C#N)c1c(OC)cc(OC)cc1OC. The van der Waals surface area contributed by atoms with Gasteiger partial charge in [0.2, 0.25) is 0 Å². The maximum atomic E-state index is 9.25. The van der Waals surface area contributed by atoms with Gasteiger partial charge in [0.25, 0.3) is 0 Å². The zero-order chi connectivity index (χ0) is 14.3. The second-order valence-electron chi connectivity index (χ2n) is 3.59. The lowest BCUT2D eigenvalue weighted by molar-refractivity contribution is 0.364. The van der Waals surface area contributed by atoms with Gasteiger partial charge in [0.15, 0.2) is 0 Å². The summed E-state index contributed by atoms with van der Waals surface area (Å²) in [6.07, 6.45) is 5.19. The van der Waals surface area contributed by atoms with E-state index in [1.807, 2.05) is 0 Å². The number of hydrogen-bond donors (Lipinski definition) is 1. The highest BCUT2D eigenvalue weighted by Gasteiger charge is 2.21. The Morgan fingerprint density at radius 2 is 1.79 bits per heavy atom. The van der Waals surface area contributed by atoms with Crippen molar-refractivity contribution in [2.75, 3.05) is 27.9 Å².